The van der Waals surface area contributed by atoms with Crippen molar-refractivity contribution in [2.24, 2.45) is 0 Å². The maximum absolute atomic E-state index is 12.8. The average molecular weight is 432 g/mol. The van der Waals surface area contributed by atoms with Crippen LogP contribution in [0.5, 0.6) is 0 Å². The fourth-order valence-electron chi connectivity index (χ4n) is 3.51. The second-order valence-corrected chi connectivity index (χ2v) is 8.39. The number of thiocarbonyl (C=S) groups is 1. The summed E-state index contributed by atoms with van der Waals surface area (Å²) in [6.45, 7) is 12.4. The molecule has 0 unspecified atom stereocenters. The predicted octanol–water partition coefficient (Wildman–Crippen LogP) is 2.81. The number of hydrogen-bond acceptors (Lipinski definition) is 4. The highest BCUT2D eigenvalue weighted by Gasteiger charge is 2.14. The van der Waals surface area contributed by atoms with E-state index in [9.17, 15) is 4.79 Å². The molecule has 0 aliphatic carbocycles. The molecular weight excluding hydrogens is 394 g/mol. The second kappa shape index (κ2) is 12.0. The molecule has 0 saturated carbocycles. The number of nitrogens with zero attached hydrogens (tertiary/aromatic N) is 3. The first kappa shape index (κ1) is 24.3. The molecule has 0 bridgehead atoms. The Balaban J connectivity index is 2.17. The number of likely N-dealkylation sites (N-methyl/N-ethyl adjacent to an activating group) is 1. The lowest BCUT2D eigenvalue weighted by Gasteiger charge is -2.29. The van der Waals surface area contributed by atoms with Gasteiger partial charge in [0.15, 0.2) is 5.11 Å². The molecule has 1 aromatic heterocycles. The minimum atomic E-state index is -0.0416. The fraction of sp³-hybridized carbons (Fsp3) is 0.565. The Hall–Kier alpha value is -1.96. The van der Waals surface area contributed by atoms with E-state index in [-0.39, 0.29) is 5.56 Å². The summed E-state index contributed by atoms with van der Waals surface area (Å²) in [6.07, 6.45) is 1.02. The first-order valence-corrected chi connectivity index (χ1v) is 11.3. The summed E-state index contributed by atoms with van der Waals surface area (Å²) in [5.74, 6) is 0. The van der Waals surface area contributed by atoms with Gasteiger partial charge in [0.25, 0.3) is 5.56 Å². The van der Waals surface area contributed by atoms with E-state index in [4.69, 9.17) is 12.2 Å². The van der Waals surface area contributed by atoms with Crippen LogP contribution in [0.1, 0.15) is 31.4 Å². The number of pyridine rings is 1. The first-order chi connectivity index (χ1) is 14.3. The number of hydrogen-bond donors (Lipinski definition) is 2. The van der Waals surface area contributed by atoms with E-state index in [0.29, 0.717) is 11.7 Å². The minimum absolute atomic E-state index is 0.0416. The highest BCUT2D eigenvalue weighted by atomic mass is 32.1. The van der Waals surface area contributed by atoms with Gasteiger partial charge >= 0.3 is 0 Å². The zero-order chi connectivity index (χ0) is 22.1. The van der Waals surface area contributed by atoms with Crippen LogP contribution in [-0.2, 0) is 6.54 Å². The SMILES string of the molecule is CCN(CC)CCN(Cc1cc2cccc(C)c2[nH]c1=O)C(=S)NCCCN(C)C. The van der Waals surface area contributed by atoms with Gasteiger partial charge in [0, 0.05) is 25.2 Å². The molecule has 0 aliphatic heterocycles. The molecule has 2 N–H and O–H groups in total. The Bertz CT molecular complexity index is 876. The van der Waals surface area contributed by atoms with Crippen LogP contribution in [0.15, 0.2) is 29.1 Å². The molecule has 166 valence electrons. The lowest BCUT2D eigenvalue weighted by molar-refractivity contribution is 0.263. The molecule has 0 fully saturated rings. The molecule has 1 aromatic carbocycles. The molecule has 0 aliphatic rings. The molecule has 30 heavy (non-hydrogen) atoms. The van der Waals surface area contributed by atoms with Gasteiger partial charge in [0.05, 0.1) is 12.1 Å². The van der Waals surface area contributed by atoms with Crippen molar-refractivity contribution < 1.29 is 0 Å². The number of aryl methyl sites for hydroxylation is 1. The van der Waals surface area contributed by atoms with Gasteiger partial charge in [0.1, 0.15) is 0 Å². The van der Waals surface area contributed by atoms with Crippen molar-refractivity contribution >= 4 is 28.2 Å². The summed E-state index contributed by atoms with van der Waals surface area (Å²) in [5, 5.41) is 5.15. The minimum Gasteiger partial charge on any atom is -0.363 e. The molecule has 2 rings (SSSR count). The lowest BCUT2D eigenvalue weighted by Crippen LogP contribution is -2.44. The number of aromatic amines is 1. The van der Waals surface area contributed by atoms with Crippen molar-refractivity contribution in [2.75, 3.05) is 53.4 Å². The molecule has 6 nitrogen and oxygen atoms in total. The number of rotatable bonds is 11. The van der Waals surface area contributed by atoms with Crippen molar-refractivity contribution in [3.63, 3.8) is 0 Å². The van der Waals surface area contributed by atoms with Crippen LogP contribution in [0.25, 0.3) is 10.9 Å². The maximum atomic E-state index is 12.8. The Morgan fingerprint density at radius 1 is 1.13 bits per heavy atom. The van der Waals surface area contributed by atoms with E-state index in [1.54, 1.807) is 0 Å². The molecule has 0 atom stereocenters. The maximum Gasteiger partial charge on any atom is 0.253 e. The van der Waals surface area contributed by atoms with E-state index in [1.165, 1.54) is 0 Å². The molecule has 0 spiro atoms. The molecule has 0 saturated heterocycles. The highest BCUT2D eigenvalue weighted by molar-refractivity contribution is 7.80. The van der Waals surface area contributed by atoms with Crippen LogP contribution in [0.3, 0.4) is 0 Å². The van der Waals surface area contributed by atoms with Gasteiger partial charge in [-0.15, -0.1) is 0 Å². The van der Waals surface area contributed by atoms with Crippen molar-refractivity contribution in [1.29, 1.82) is 0 Å². The number of benzene rings is 1. The van der Waals surface area contributed by atoms with E-state index >= 15 is 0 Å². The third-order valence-corrected chi connectivity index (χ3v) is 5.85. The molecule has 0 amide bonds. The standard InChI is InChI=1S/C23H37N5OS/c1-6-27(7-2)14-15-28(23(30)24-12-9-13-26(4)5)17-20-16-19-11-8-10-18(3)21(19)25-22(20)29/h8,10-11,16H,6-7,9,12-15,17H2,1-5H3,(H,24,30)(H,25,29). The van der Waals surface area contributed by atoms with Crippen LogP contribution in [-0.4, -0.2) is 78.2 Å². The van der Waals surface area contributed by atoms with Crippen LogP contribution in [0.4, 0.5) is 0 Å². The van der Waals surface area contributed by atoms with Crippen molar-refractivity contribution in [3.05, 3.63) is 45.7 Å². The summed E-state index contributed by atoms with van der Waals surface area (Å²) in [4.78, 5) is 22.5. The molecule has 0 radical (unpaired) electrons. The number of para-hydroxylation sites is 1. The van der Waals surface area contributed by atoms with Crippen LogP contribution in [0.2, 0.25) is 0 Å². The second-order valence-electron chi connectivity index (χ2n) is 8.00. The van der Waals surface area contributed by atoms with Gasteiger partial charge in [-0.2, -0.15) is 0 Å². The van der Waals surface area contributed by atoms with Crippen molar-refractivity contribution in [3.8, 4) is 0 Å². The van der Waals surface area contributed by atoms with Gasteiger partial charge in [-0.1, -0.05) is 32.0 Å². The van der Waals surface area contributed by atoms with Crippen LogP contribution in [0, 0.1) is 6.92 Å². The Labute approximate surface area is 186 Å². The largest absolute Gasteiger partial charge is 0.363 e. The Morgan fingerprint density at radius 2 is 1.87 bits per heavy atom. The van der Waals surface area contributed by atoms with E-state index in [0.717, 1.165) is 67.7 Å². The smallest absolute Gasteiger partial charge is 0.253 e. The van der Waals surface area contributed by atoms with Gasteiger partial charge in [-0.05, 0) is 76.3 Å². The number of nitrogens with one attached hydrogen (secondary N) is 2. The van der Waals surface area contributed by atoms with Crippen LogP contribution < -0.4 is 10.9 Å². The predicted molar refractivity (Wildman–Crippen MR) is 131 cm³/mol. The van der Waals surface area contributed by atoms with E-state index in [2.05, 4.69) is 52.9 Å². The van der Waals surface area contributed by atoms with Crippen molar-refractivity contribution in [2.45, 2.75) is 33.7 Å². The van der Waals surface area contributed by atoms with E-state index < -0.39 is 0 Å². The van der Waals surface area contributed by atoms with Gasteiger partial charge < -0.3 is 25.0 Å². The highest BCUT2D eigenvalue weighted by Crippen LogP contribution is 2.16. The molecule has 1 heterocycles. The van der Waals surface area contributed by atoms with Crippen LogP contribution >= 0.6 is 12.2 Å². The average Bonchev–Trinajstić information content (AvgIpc) is 2.71. The van der Waals surface area contributed by atoms with Crippen molar-refractivity contribution in [1.82, 2.24) is 25.0 Å². The summed E-state index contributed by atoms with van der Waals surface area (Å²) >= 11 is 5.71. The summed E-state index contributed by atoms with van der Waals surface area (Å²) < 4.78 is 0. The fourth-order valence-corrected chi connectivity index (χ4v) is 3.77. The van der Waals surface area contributed by atoms with Gasteiger partial charge in [-0.3, -0.25) is 4.79 Å². The monoisotopic (exact) mass is 431 g/mol. The van der Waals surface area contributed by atoms with E-state index in [1.807, 2.05) is 31.2 Å². The molecule has 2 aromatic rings. The number of H-pyrrole nitrogens is 1. The molecular formula is C23H37N5OS. The summed E-state index contributed by atoms with van der Waals surface area (Å²) in [5.41, 5.74) is 2.68. The molecule has 7 heteroatoms. The zero-order valence-electron chi connectivity index (χ0n) is 19.1. The zero-order valence-corrected chi connectivity index (χ0v) is 19.9. The Morgan fingerprint density at radius 3 is 2.53 bits per heavy atom. The lowest BCUT2D eigenvalue weighted by atomic mass is 10.1. The number of aromatic nitrogens is 1. The van der Waals surface area contributed by atoms with Gasteiger partial charge in [0.2, 0.25) is 0 Å². The van der Waals surface area contributed by atoms with Gasteiger partial charge in [-0.25, -0.2) is 0 Å². The first-order valence-electron chi connectivity index (χ1n) is 10.9. The third-order valence-electron chi connectivity index (χ3n) is 5.45. The third kappa shape index (κ3) is 7.07. The summed E-state index contributed by atoms with van der Waals surface area (Å²) in [7, 11) is 4.14. The quantitative estimate of drug-likeness (QED) is 0.422. The Kier molecular flexibility index (Phi) is 9.75. The number of fused-ring (bicyclic) bond motifs is 1. The summed E-state index contributed by atoms with van der Waals surface area (Å²) in [6, 6.07) is 8.08. The normalized spacial score (nSPS) is 11.4. The topological polar surface area (TPSA) is 54.6 Å².